The summed E-state index contributed by atoms with van der Waals surface area (Å²) in [5, 5.41) is 18.7. The fraction of sp³-hybridized carbons (Fsp3) is 0.150. The van der Waals surface area contributed by atoms with E-state index >= 15 is 0 Å². The second-order valence-corrected chi connectivity index (χ2v) is 6.95. The van der Waals surface area contributed by atoms with Crippen LogP contribution in [0.25, 0.3) is 28.0 Å². The van der Waals surface area contributed by atoms with E-state index in [4.69, 9.17) is 21.7 Å². The number of aromatic amines is 2. The maximum Gasteiger partial charge on any atom is 0.422 e. The van der Waals surface area contributed by atoms with Gasteiger partial charge in [-0.15, -0.1) is 0 Å². The third-order valence-electron chi connectivity index (χ3n) is 4.80. The molecule has 2 aromatic carbocycles. The van der Waals surface area contributed by atoms with Crippen molar-refractivity contribution in [2.45, 2.75) is 6.92 Å². The Hall–Kier alpha value is -3.79. The van der Waals surface area contributed by atoms with Gasteiger partial charge in [0, 0.05) is 23.1 Å². The molecule has 4 aromatic rings. The number of benzene rings is 2. The van der Waals surface area contributed by atoms with Gasteiger partial charge in [-0.2, -0.15) is 9.67 Å². The van der Waals surface area contributed by atoms with Gasteiger partial charge in [-0.3, -0.25) is 10.1 Å². The van der Waals surface area contributed by atoms with Crippen molar-refractivity contribution >= 4 is 28.7 Å². The summed E-state index contributed by atoms with van der Waals surface area (Å²) in [7, 11) is 3.16. The molecule has 2 N–H and O–H groups in total. The summed E-state index contributed by atoms with van der Waals surface area (Å²) in [6.07, 6.45) is 0. The molecule has 0 saturated heterocycles. The predicted molar refractivity (Wildman–Crippen MR) is 113 cm³/mol. The number of nitrogens with zero attached hydrogens (tertiary/aromatic N) is 3. The Morgan fingerprint density at radius 2 is 1.73 bits per heavy atom. The smallest absolute Gasteiger partial charge is 0.422 e. The van der Waals surface area contributed by atoms with E-state index in [0.717, 1.165) is 27.7 Å². The number of nitro groups is 1. The number of aromatic nitrogens is 4. The SMILES string of the molecule is COc1cc2cc(C)[n+](-c3nc(=S)[nH][nH]3)c(-c3ccc([N+](=O)[O-])cc3)c2cc1OC. The molecule has 0 spiro atoms. The van der Waals surface area contributed by atoms with E-state index < -0.39 is 4.92 Å². The zero-order valence-electron chi connectivity index (χ0n) is 16.4. The summed E-state index contributed by atoms with van der Waals surface area (Å²) >= 11 is 5.13. The van der Waals surface area contributed by atoms with Crippen molar-refractivity contribution in [2.75, 3.05) is 14.2 Å². The van der Waals surface area contributed by atoms with Gasteiger partial charge in [-0.1, -0.05) is 0 Å². The minimum Gasteiger partial charge on any atom is -0.493 e. The van der Waals surface area contributed by atoms with Gasteiger partial charge >= 0.3 is 10.7 Å². The summed E-state index contributed by atoms with van der Waals surface area (Å²) < 4.78 is 13.2. The number of non-ortho nitro benzene ring substituents is 1. The summed E-state index contributed by atoms with van der Waals surface area (Å²) in [5.41, 5.74) is 2.43. The first-order valence-corrected chi connectivity index (χ1v) is 9.35. The van der Waals surface area contributed by atoms with Crippen LogP contribution in [0.15, 0.2) is 42.5 Å². The first kappa shape index (κ1) is 19.5. The van der Waals surface area contributed by atoms with E-state index in [1.807, 2.05) is 29.7 Å². The van der Waals surface area contributed by atoms with E-state index in [1.165, 1.54) is 12.1 Å². The molecule has 152 valence electrons. The van der Waals surface area contributed by atoms with Gasteiger partial charge in [-0.25, -0.2) is 5.10 Å². The number of hydrogen-bond acceptors (Lipinski definition) is 6. The zero-order chi connectivity index (χ0) is 21.4. The zero-order valence-corrected chi connectivity index (χ0v) is 17.2. The van der Waals surface area contributed by atoms with E-state index in [9.17, 15) is 10.1 Å². The molecule has 30 heavy (non-hydrogen) atoms. The van der Waals surface area contributed by atoms with Crippen molar-refractivity contribution in [3.63, 3.8) is 0 Å². The van der Waals surface area contributed by atoms with Crippen LogP contribution in [-0.4, -0.2) is 34.3 Å². The molecule has 0 fully saturated rings. The highest BCUT2D eigenvalue weighted by molar-refractivity contribution is 7.71. The summed E-state index contributed by atoms with van der Waals surface area (Å²) in [6, 6.07) is 12.1. The van der Waals surface area contributed by atoms with Crippen LogP contribution >= 0.6 is 12.2 Å². The molecule has 0 atom stereocenters. The molecular formula is C20H18N5O4S+. The minimum absolute atomic E-state index is 0.0145. The number of fused-ring (bicyclic) bond motifs is 1. The molecular weight excluding hydrogens is 406 g/mol. The lowest BCUT2D eigenvalue weighted by Crippen LogP contribution is -2.38. The quantitative estimate of drug-likeness (QED) is 0.218. The van der Waals surface area contributed by atoms with Crippen molar-refractivity contribution in [3.05, 3.63) is 63.0 Å². The number of rotatable bonds is 5. The lowest BCUT2D eigenvalue weighted by atomic mass is 10.0. The van der Waals surface area contributed by atoms with Gasteiger partial charge in [-0.05, 0) is 59.8 Å². The molecule has 2 heterocycles. The molecule has 0 aliphatic heterocycles. The van der Waals surface area contributed by atoms with Crippen LogP contribution in [0.1, 0.15) is 5.69 Å². The monoisotopic (exact) mass is 424 g/mol. The maximum atomic E-state index is 11.1. The van der Waals surface area contributed by atoms with Gasteiger partial charge in [0.15, 0.2) is 11.5 Å². The van der Waals surface area contributed by atoms with Crippen molar-refractivity contribution < 1.29 is 19.0 Å². The van der Waals surface area contributed by atoms with Gasteiger partial charge in [0.2, 0.25) is 0 Å². The fourth-order valence-corrected chi connectivity index (χ4v) is 3.61. The standard InChI is InChI=1S/C20H17N5O4S/c1-11-8-13-9-16(28-2)17(29-3)10-15(13)18(24(11)19-21-20(30)23-22-19)12-4-6-14(7-5-12)25(26)27/h4-10H,1-3H3,(H-,21,22,23,30)/p+1. The number of aryl methyl sites for hydroxylation is 1. The van der Waals surface area contributed by atoms with E-state index in [2.05, 4.69) is 15.2 Å². The number of nitrogens with one attached hydrogen (secondary N) is 2. The van der Waals surface area contributed by atoms with Crippen LogP contribution in [-0.2, 0) is 0 Å². The molecule has 4 rings (SSSR count). The Labute approximate surface area is 176 Å². The average molecular weight is 424 g/mol. The van der Waals surface area contributed by atoms with Crippen LogP contribution < -0.4 is 14.0 Å². The predicted octanol–water partition coefficient (Wildman–Crippen LogP) is 3.80. The average Bonchev–Trinajstić information content (AvgIpc) is 3.17. The lowest BCUT2D eigenvalue weighted by Gasteiger charge is -2.15. The highest BCUT2D eigenvalue weighted by atomic mass is 32.1. The van der Waals surface area contributed by atoms with Crippen molar-refractivity contribution in [1.29, 1.82) is 0 Å². The first-order chi connectivity index (χ1) is 14.4. The largest absolute Gasteiger partial charge is 0.493 e. The third kappa shape index (κ3) is 3.26. The molecule has 0 amide bonds. The summed E-state index contributed by atoms with van der Waals surface area (Å²) in [6.45, 7) is 1.94. The van der Waals surface area contributed by atoms with Gasteiger partial charge in [0.1, 0.15) is 5.69 Å². The van der Waals surface area contributed by atoms with Gasteiger partial charge in [0.05, 0.1) is 24.8 Å². The van der Waals surface area contributed by atoms with Crippen LogP contribution in [0.3, 0.4) is 0 Å². The summed E-state index contributed by atoms with van der Waals surface area (Å²) in [5.74, 6) is 1.68. The summed E-state index contributed by atoms with van der Waals surface area (Å²) in [4.78, 5) is 15.0. The Morgan fingerprint density at radius 3 is 2.30 bits per heavy atom. The van der Waals surface area contributed by atoms with Crippen LogP contribution in [0.2, 0.25) is 0 Å². The number of H-pyrrole nitrogens is 2. The molecule has 0 aliphatic rings. The normalized spacial score (nSPS) is 10.9. The highest BCUT2D eigenvalue weighted by Gasteiger charge is 2.23. The topological polar surface area (TPSA) is 110 Å². The molecule has 2 aromatic heterocycles. The molecule has 10 heteroatoms. The van der Waals surface area contributed by atoms with Crippen LogP contribution in [0.4, 0.5) is 5.69 Å². The molecule has 0 saturated carbocycles. The number of nitro benzene ring substituents is 1. The lowest BCUT2D eigenvalue weighted by molar-refractivity contribution is -0.597. The van der Waals surface area contributed by atoms with Gasteiger partial charge < -0.3 is 9.47 Å². The number of ether oxygens (including phenoxy) is 2. The van der Waals surface area contributed by atoms with Crippen molar-refractivity contribution in [2.24, 2.45) is 0 Å². The van der Waals surface area contributed by atoms with Crippen molar-refractivity contribution in [3.8, 4) is 28.7 Å². The molecule has 0 radical (unpaired) electrons. The number of hydrogen-bond donors (Lipinski definition) is 2. The Morgan fingerprint density at radius 1 is 1.07 bits per heavy atom. The van der Waals surface area contributed by atoms with Crippen LogP contribution in [0, 0.1) is 21.8 Å². The number of pyridine rings is 1. The third-order valence-corrected chi connectivity index (χ3v) is 5.00. The molecule has 0 unspecified atom stereocenters. The van der Waals surface area contributed by atoms with Gasteiger partial charge in [0.25, 0.3) is 5.69 Å². The van der Waals surface area contributed by atoms with E-state index in [1.54, 1.807) is 26.4 Å². The Balaban J connectivity index is 2.11. The highest BCUT2D eigenvalue weighted by Crippen LogP contribution is 2.36. The first-order valence-electron chi connectivity index (χ1n) is 8.94. The fourth-order valence-electron chi connectivity index (χ4n) is 3.47. The molecule has 0 aliphatic carbocycles. The van der Waals surface area contributed by atoms with Crippen LogP contribution in [0.5, 0.6) is 11.5 Å². The molecule has 9 nitrogen and oxygen atoms in total. The van der Waals surface area contributed by atoms with E-state index in [-0.39, 0.29) is 5.69 Å². The Kier molecular flexibility index (Phi) is 4.92. The minimum atomic E-state index is -0.426. The maximum absolute atomic E-state index is 11.1. The van der Waals surface area contributed by atoms with E-state index in [0.29, 0.717) is 22.2 Å². The molecule has 0 bridgehead atoms. The number of methoxy groups -OCH3 is 2. The second-order valence-electron chi connectivity index (χ2n) is 6.56. The van der Waals surface area contributed by atoms with Crippen molar-refractivity contribution in [1.82, 2.24) is 15.2 Å². The second kappa shape index (κ2) is 7.56. The Bertz CT molecular complexity index is 1330.